The Kier molecular flexibility index (Phi) is 6.20. The number of amides is 3. The van der Waals surface area contributed by atoms with Crippen LogP contribution in [0, 0.1) is 6.92 Å². The Hall–Kier alpha value is -3.61. The standard InChI is InChI=1S/C23H25N3O4/c1-5-30-22(28)19-15(3)26(4)23(29)25-20(19)16-10-12-18(13-11-16)24-21(27)17-8-6-14(2)7-9-17/h6-13,20H,5H2,1-4H3,(H,24,27)(H,25,29). The van der Waals surface area contributed by atoms with Crippen molar-refractivity contribution in [2.24, 2.45) is 0 Å². The lowest BCUT2D eigenvalue weighted by molar-refractivity contribution is -0.139. The molecule has 7 heteroatoms. The minimum atomic E-state index is -0.630. The predicted molar refractivity (Wildman–Crippen MR) is 114 cm³/mol. The molecule has 1 aliphatic heterocycles. The van der Waals surface area contributed by atoms with Crippen LogP contribution in [0.15, 0.2) is 59.8 Å². The van der Waals surface area contributed by atoms with Crippen molar-refractivity contribution in [1.82, 2.24) is 10.2 Å². The Labute approximate surface area is 175 Å². The van der Waals surface area contributed by atoms with Crippen LogP contribution in [0.1, 0.15) is 41.4 Å². The number of esters is 1. The van der Waals surface area contributed by atoms with Crippen molar-refractivity contribution in [3.8, 4) is 0 Å². The first-order valence-electron chi connectivity index (χ1n) is 9.72. The lowest BCUT2D eigenvalue weighted by Gasteiger charge is -2.33. The van der Waals surface area contributed by atoms with E-state index in [0.29, 0.717) is 28.1 Å². The summed E-state index contributed by atoms with van der Waals surface area (Å²) in [5.74, 6) is -0.679. The van der Waals surface area contributed by atoms with Gasteiger partial charge in [0.05, 0.1) is 18.2 Å². The molecule has 0 bridgehead atoms. The summed E-state index contributed by atoms with van der Waals surface area (Å²) < 4.78 is 5.19. The molecule has 0 aromatic heterocycles. The highest BCUT2D eigenvalue weighted by Gasteiger charge is 2.34. The van der Waals surface area contributed by atoms with Gasteiger partial charge in [0, 0.05) is 24.0 Å². The van der Waals surface area contributed by atoms with Crippen LogP contribution in [-0.2, 0) is 9.53 Å². The van der Waals surface area contributed by atoms with E-state index in [1.54, 1.807) is 57.3 Å². The highest BCUT2D eigenvalue weighted by Crippen LogP contribution is 2.31. The first-order valence-corrected chi connectivity index (χ1v) is 9.72. The maximum absolute atomic E-state index is 12.5. The van der Waals surface area contributed by atoms with E-state index in [1.807, 2.05) is 19.1 Å². The van der Waals surface area contributed by atoms with Gasteiger partial charge in [0.25, 0.3) is 5.91 Å². The lowest BCUT2D eigenvalue weighted by Crippen LogP contribution is -2.46. The maximum atomic E-state index is 12.5. The number of ether oxygens (including phenoxy) is 1. The van der Waals surface area contributed by atoms with Crippen LogP contribution >= 0.6 is 0 Å². The average Bonchev–Trinajstić information content (AvgIpc) is 2.73. The number of rotatable bonds is 5. The van der Waals surface area contributed by atoms with Crippen LogP contribution in [0.5, 0.6) is 0 Å². The predicted octanol–water partition coefficient (Wildman–Crippen LogP) is 3.78. The fourth-order valence-electron chi connectivity index (χ4n) is 3.23. The molecule has 0 fully saturated rings. The van der Waals surface area contributed by atoms with E-state index in [-0.39, 0.29) is 18.5 Å². The van der Waals surface area contributed by atoms with E-state index in [0.717, 1.165) is 5.56 Å². The molecular weight excluding hydrogens is 382 g/mol. The summed E-state index contributed by atoms with van der Waals surface area (Å²) >= 11 is 0. The van der Waals surface area contributed by atoms with Crippen LogP contribution in [0.25, 0.3) is 0 Å². The Morgan fingerprint density at radius 1 is 1.07 bits per heavy atom. The molecule has 156 valence electrons. The minimum Gasteiger partial charge on any atom is -0.463 e. The van der Waals surface area contributed by atoms with Gasteiger partial charge in [0.2, 0.25) is 0 Å². The van der Waals surface area contributed by atoms with Gasteiger partial charge in [-0.15, -0.1) is 0 Å². The van der Waals surface area contributed by atoms with Crippen molar-refractivity contribution in [3.05, 3.63) is 76.5 Å². The van der Waals surface area contributed by atoms with Crippen molar-refractivity contribution >= 4 is 23.6 Å². The molecule has 7 nitrogen and oxygen atoms in total. The summed E-state index contributed by atoms with van der Waals surface area (Å²) in [5.41, 5.74) is 3.90. The molecule has 1 aliphatic rings. The van der Waals surface area contributed by atoms with Crippen LogP contribution in [-0.4, -0.2) is 36.5 Å². The molecule has 0 saturated heterocycles. The van der Waals surface area contributed by atoms with Gasteiger partial charge in [0.1, 0.15) is 0 Å². The molecular formula is C23H25N3O4. The molecule has 1 heterocycles. The minimum absolute atomic E-state index is 0.210. The summed E-state index contributed by atoms with van der Waals surface area (Å²) in [4.78, 5) is 38.6. The molecule has 0 aliphatic carbocycles. The summed E-state index contributed by atoms with van der Waals surface area (Å²) in [5, 5.41) is 5.68. The summed E-state index contributed by atoms with van der Waals surface area (Å²) in [6.07, 6.45) is 0. The number of aryl methyl sites for hydroxylation is 1. The van der Waals surface area contributed by atoms with E-state index in [4.69, 9.17) is 4.74 Å². The zero-order chi connectivity index (χ0) is 21.8. The molecule has 1 unspecified atom stereocenters. The number of urea groups is 1. The van der Waals surface area contributed by atoms with Crippen LogP contribution in [0.3, 0.4) is 0 Å². The molecule has 3 rings (SSSR count). The molecule has 1 atom stereocenters. The van der Waals surface area contributed by atoms with E-state index in [2.05, 4.69) is 10.6 Å². The number of hydrogen-bond acceptors (Lipinski definition) is 4. The Morgan fingerprint density at radius 3 is 2.30 bits per heavy atom. The van der Waals surface area contributed by atoms with Gasteiger partial charge in [-0.05, 0) is 50.6 Å². The first kappa shape index (κ1) is 21.1. The molecule has 2 N–H and O–H groups in total. The number of nitrogens with zero attached hydrogens (tertiary/aromatic N) is 1. The third-order valence-corrected chi connectivity index (χ3v) is 5.07. The van der Waals surface area contributed by atoms with Gasteiger partial charge < -0.3 is 20.3 Å². The van der Waals surface area contributed by atoms with Crippen LogP contribution in [0.2, 0.25) is 0 Å². The van der Waals surface area contributed by atoms with Gasteiger partial charge in [0.15, 0.2) is 0 Å². The zero-order valence-corrected chi connectivity index (χ0v) is 17.5. The van der Waals surface area contributed by atoms with Gasteiger partial charge >= 0.3 is 12.0 Å². The summed E-state index contributed by atoms with van der Waals surface area (Å²) in [6, 6.07) is 13.4. The second-order valence-electron chi connectivity index (χ2n) is 7.10. The number of carbonyl (C=O) groups is 3. The normalized spacial score (nSPS) is 16.2. The van der Waals surface area contributed by atoms with Crippen molar-refractivity contribution in [3.63, 3.8) is 0 Å². The second kappa shape index (κ2) is 8.82. The van der Waals surface area contributed by atoms with Gasteiger partial charge in [-0.25, -0.2) is 9.59 Å². The van der Waals surface area contributed by atoms with Crippen LogP contribution in [0.4, 0.5) is 10.5 Å². The molecule has 3 amide bonds. The Morgan fingerprint density at radius 2 is 1.70 bits per heavy atom. The summed E-state index contributed by atoms with van der Waals surface area (Å²) in [6.45, 7) is 5.65. The van der Waals surface area contributed by atoms with E-state index in [1.165, 1.54) is 4.90 Å². The fraction of sp³-hybridized carbons (Fsp3) is 0.261. The highest BCUT2D eigenvalue weighted by atomic mass is 16.5. The van der Waals surface area contributed by atoms with Gasteiger partial charge in [-0.3, -0.25) is 4.79 Å². The molecule has 2 aromatic rings. The van der Waals surface area contributed by atoms with Crippen LogP contribution < -0.4 is 10.6 Å². The Balaban J connectivity index is 1.83. The second-order valence-corrected chi connectivity index (χ2v) is 7.10. The third kappa shape index (κ3) is 4.35. The van der Waals surface area contributed by atoms with Crippen molar-refractivity contribution in [1.29, 1.82) is 0 Å². The quantitative estimate of drug-likeness (QED) is 0.739. The van der Waals surface area contributed by atoms with Gasteiger partial charge in [-0.1, -0.05) is 29.8 Å². The monoisotopic (exact) mass is 407 g/mol. The molecule has 30 heavy (non-hydrogen) atoms. The third-order valence-electron chi connectivity index (χ3n) is 5.07. The SMILES string of the molecule is CCOC(=O)C1=C(C)N(C)C(=O)NC1c1ccc(NC(=O)c2ccc(C)cc2)cc1. The number of benzene rings is 2. The van der Waals surface area contributed by atoms with E-state index < -0.39 is 12.0 Å². The lowest BCUT2D eigenvalue weighted by atomic mass is 9.95. The smallest absolute Gasteiger partial charge is 0.338 e. The average molecular weight is 407 g/mol. The number of carbonyl (C=O) groups excluding carboxylic acids is 3. The molecule has 0 saturated carbocycles. The van der Waals surface area contributed by atoms with E-state index in [9.17, 15) is 14.4 Å². The topological polar surface area (TPSA) is 87.7 Å². The summed E-state index contributed by atoms with van der Waals surface area (Å²) in [7, 11) is 1.60. The van der Waals surface area contributed by atoms with E-state index >= 15 is 0 Å². The maximum Gasteiger partial charge on any atom is 0.338 e. The number of anilines is 1. The van der Waals surface area contributed by atoms with Crippen molar-refractivity contribution in [2.75, 3.05) is 19.0 Å². The van der Waals surface area contributed by atoms with Crippen molar-refractivity contribution in [2.45, 2.75) is 26.8 Å². The Bertz CT molecular complexity index is 994. The fourth-order valence-corrected chi connectivity index (χ4v) is 3.23. The molecule has 0 radical (unpaired) electrons. The van der Waals surface area contributed by atoms with Gasteiger partial charge in [-0.2, -0.15) is 0 Å². The number of hydrogen-bond donors (Lipinski definition) is 2. The zero-order valence-electron chi connectivity index (χ0n) is 17.5. The highest BCUT2D eigenvalue weighted by molar-refractivity contribution is 6.04. The van der Waals surface area contributed by atoms with Crippen molar-refractivity contribution < 1.29 is 19.1 Å². The first-order chi connectivity index (χ1) is 14.3. The largest absolute Gasteiger partial charge is 0.463 e. The molecule has 2 aromatic carbocycles. The molecule has 0 spiro atoms. The number of nitrogens with one attached hydrogen (secondary N) is 2. The number of allylic oxidation sites excluding steroid dienone is 1.